The predicted molar refractivity (Wildman–Crippen MR) is 105 cm³/mol. The first-order valence-electron chi connectivity index (χ1n) is 8.85. The minimum atomic E-state index is -0.901. The maximum atomic E-state index is 14.0. The van der Waals surface area contributed by atoms with Gasteiger partial charge in [0.2, 0.25) is 0 Å². The van der Waals surface area contributed by atoms with E-state index < -0.39 is 23.6 Å². The molecule has 0 aliphatic heterocycles. The highest BCUT2D eigenvalue weighted by Crippen LogP contribution is 2.31. The molecule has 0 radical (unpaired) electrons. The zero-order valence-corrected chi connectivity index (χ0v) is 15.7. The van der Waals surface area contributed by atoms with Crippen molar-refractivity contribution < 1.29 is 18.3 Å². The molecule has 1 unspecified atom stereocenters. The number of pyridine rings is 2. The largest absolute Gasteiger partial charge is 0.480 e. The maximum absolute atomic E-state index is 14.0. The van der Waals surface area contributed by atoms with E-state index in [2.05, 4.69) is 15.1 Å². The molecule has 1 atom stereocenters. The monoisotopic (exact) mass is 410 g/mol. The lowest BCUT2D eigenvalue weighted by Crippen LogP contribution is -2.14. The molecule has 152 valence electrons. The summed E-state index contributed by atoms with van der Waals surface area (Å²) in [6, 6.07) is 6.87. The first-order valence-corrected chi connectivity index (χ1v) is 8.85. The Kier molecular flexibility index (Phi) is 4.74. The van der Waals surface area contributed by atoms with Gasteiger partial charge in [0.15, 0.2) is 11.6 Å². The van der Waals surface area contributed by atoms with Crippen molar-refractivity contribution in [1.82, 2.24) is 19.7 Å². The minimum Gasteiger partial charge on any atom is -0.480 e. The number of hydrogen-bond donors (Lipinski definition) is 2. The van der Waals surface area contributed by atoms with E-state index in [0.717, 1.165) is 12.3 Å². The van der Waals surface area contributed by atoms with Gasteiger partial charge < -0.3 is 16.2 Å². The average Bonchev–Trinajstić information content (AvgIpc) is 3.22. The fraction of sp³-hybridized carbons (Fsp3) is 0.100. The molecular weight excluding hydrogens is 394 g/mol. The van der Waals surface area contributed by atoms with Crippen molar-refractivity contribution >= 4 is 22.6 Å². The normalized spacial score (nSPS) is 12.1. The lowest BCUT2D eigenvalue weighted by Gasteiger charge is -2.18. The highest BCUT2D eigenvalue weighted by molar-refractivity contribution is 5.97. The summed E-state index contributed by atoms with van der Waals surface area (Å²) in [7, 11) is 0. The van der Waals surface area contributed by atoms with Gasteiger partial charge in [0.25, 0.3) is 5.91 Å². The molecule has 1 aromatic carbocycles. The van der Waals surface area contributed by atoms with Gasteiger partial charge in [0, 0.05) is 29.9 Å². The standard InChI is InChI=1S/C20H16F2N6O2/c1-10(18-16(7-12(21)9-25-18)28-4-2-3-26-28)30-17-6-11-5-13(20(24)29)14(22)8-15(11)27-19(17)23/h2-10H,1H3,(H2,23,27)(H2,24,29). The summed E-state index contributed by atoms with van der Waals surface area (Å²) < 4.78 is 35.1. The molecule has 10 heteroatoms. The third-order valence-electron chi connectivity index (χ3n) is 4.47. The molecule has 4 aromatic rings. The third kappa shape index (κ3) is 3.50. The van der Waals surface area contributed by atoms with Crippen molar-refractivity contribution in [1.29, 1.82) is 0 Å². The quantitative estimate of drug-likeness (QED) is 0.522. The number of anilines is 1. The van der Waals surface area contributed by atoms with Gasteiger partial charge in [0.05, 0.1) is 23.0 Å². The van der Waals surface area contributed by atoms with Crippen molar-refractivity contribution in [2.75, 3.05) is 5.73 Å². The number of fused-ring (bicyclic) bond motifs is 1. The minimum absolute atomic E-state index is 0.0170. The lowest BCUT2D eigenvalue weighted by atomic mass is 10.1. The number of carbonyl (C=O) groups excluding carboxylic acids is 1. The van der Waals surface area contributed by atoms with Gasteiger partial charge in [-0.15, -0.1) is 0 Å². The van der Waals surface area contributed by atoms with Gasteiger partial charge in [-0.25, -0.2) is 18.4 Å². The Bertz CT molecular complexity index is 1260. The molecule has 0 spiro atoms. The summed E-state index contributed by atoms with van der Waals surface area (Å²) in [5.74, 6) is -2.01. The second-order valence-electron chi connectivity index (χ2n) is 6.53. The highest BCUT2D eigenvalue weighted by Gasteiger charge is 2.19. The number of ether oxygens (including phenoxy) is 1. The fourth-order valence-electron chi connectivity index (χ4n) is 3.07. The molecule has 30 heavy (non-hydrogen) atoms. The van der Waals surface area contributed by atoms with E-state index in [4.69, 9.17) is 16.2 Å². The smallest absolute Gasteiger partial charge is 0.251 e. The summed E-state index contributed by atoms with van der Waals surface area (Å²) >= 11 is 0. The maximum Gasteiger partial charge on any atom is 0.251 e. The Morgan fingerprint density at radius 1 is 1.23 bits per heavy atom. The SMILES string of the molecule is CC(Oc1cc2cc(C(N)=O)c(F)cc2nc1N)c1ncc(F)cc1-n1cccn1. The second kappa shape index (κ2) is 7.39. The van der Waals surface area contributed by atoms with Crippen LogP contribution in [0, 0.1) is 11.6 Å². The summed E-state index contributed by atoms with van der Waals surface area (Å²) in [5.41, 5.74) is 12.0. The Labute approximate surface area is 169 Å². The zero-order chi connectivity index (χ0) is 21.4. The topological polar surface area (TPSA) is 122 Å². The van der Waals surface area contributed by atoms with Gasteiger partial charge in [-0.2, -0.15) is 5.10 Å². The van der Waals surface area contributed by atoms with Crippen LogP contribution in [0.5, 0.6) is 5.75 Å². The summed E-state index contributed by atoms with van der Waals surface area (Å²) in [6.45, 7) is 1.70. The van der Waals surface area contributed by atoms with Crippen molar-refractivity contribution in [3.8, 4) is 11.4 Å². The van der Waals surface area contributed by atoms with Crippen LogP contribution in [0.2, 0.25) is 0 Å². The zero-order valence-electron chi connectivity index (χ0n) is 15.7. The Morgan fingerprint density at radius 2 is 2.03 bits per heavy atom. The van der Waals surface area contributed by atoms with Crippen LogP contribution in [-0.4, -0.2) is 25.7 Å². The van der Waals surface area contributed by atoms with Gasteiger partial charge in [-0.3, -0.25) is 9.78 Å². The molecule has 4 rings (SSSR count). The van der Waals surface area contributed by atoms with Crippen LogP contribution in [-0.2, 0) is 0 Å². The van der Waals surface area contributed by atoms with Gasteiger partial charge in [-0.05, 0) is 25.1 Å². The number of aromatic nitrogens is 4. The number of nitrogens with zero attached hydrogens (tertiary/aromatic N) is 4. The van der Waals surface area contributed by atoms with E-state index in [9.17, 15) is 13.6 Å². The van der Waals surface area contributed by atoms with Crippen LogP contribution in [0.1, 0.15) is 29.1 Å². The number of rotatable bonds is 5. The van der Waals surface area contributed by atoms with Crippen LogP contribution in [0.3, 0.4) is 0 Å². The average molecular weight is 410 g/mol. The second-order valence-corrected chi connectivity index (χ2v) is 6.53. The molecule has 3 heterocycles. The van der Waals surface area contributed by atoms with Crippen LogP contribution in [0.15, 0.2) is 48.9 Å². The predicted octanol–water partition coefficient (Wildman–Crippen LogP) is 2.91. The van der Waals surface area contributed by atoms with E-state index in [1.54, 1.807) is 25.4 Å². The molecule has 1 amide bonds. The molecule has 0 saturated heterocycles. The summed E-state index contributed by atoms with van der Waals surface area (Å²) in [6.07, 6.45) is 3.62. The molecule has 0 aliphatic rings. The Morgan fingerprint density at radius 3 is 2.73 bits per heavy atom. The number of halogens is 2. The van der Waals surface area contributed by atoms with Crippen molar-refractivity contribution in [3.63, 3.8) is 0 Å². The highest BCUT2D eigenvalue weighted by atomic mass is 19.1. The Balaban J connectivity index is 1.73. The van der Waals surface area contributed by atoms with E-state index >= 15 is 0 Å². The van der Waals surface area contributed by atoms with Gasteiger partial charge in [0.1, 0.15) is 23.4 Å². The molecule has 8 nitrogen and oxygen atoms in total. The van der Waals surface area contributed by atoms with Crippen molar-refractivity contribution in [2.24, 2.45) is 5.73 Å². The first-order chi connectivity index (χ1) is 14.3. The van der Waals surface area contributed by atoms with Crippen LogP contribution in [0.4, 0.5) is 14.6 Å². The van der Waals surface area contributed by atoms with Crippen LogP contribution < -0.4 is 16.2 Å². The fourth-order valence-corrected chi connectivity index (χ4v) is 3.07. The summed E-state index contributed by atoms with van der Waals surface area (Å²) in [5, 5.41) is 4.53. The Hall–Kier alpha value is -4.08. The number of amides is 1. The molecule has 0 saturated carbocycles. The molecule has 0 bridgehead atoms. The number of nitrogens with two attached hydrogens (primary N) is 2. The van der Waals surface area contributed by atoms with Gasteiger partial charge >= 0.3 is 0 Å². The van der Waals surface area contributed by atoms with Gasteiger partial charge in [-0.1, -0.05) is 0 Å². The van der Waals surface area contributed by atoms with Crippen molar-refractivity contribution in [3.05, 3.63) is 71.8 Å². The molecule has 3 aromatic heterocycles. The lowest BCUT2D eigenvalue weighted by molar-refractivity contribution is 0.0996. The van der Waals surface area contributed by atoms with Crippen molar-refractivity contribution in [2.45, 2.75) is 13.0 Å². The number of hydrogen-bond acceptors (Lipinski definition) is 6. The molecule has 0 fully saturated rings. The van der Waals surface area contributed by atoms with Crippen LogP contribution in [0.25, 0.3) is 16.6 Å². The van der Waals surface area contributed by atoms with E-state index in [1.165, 1.54) is 22.9 Å². The number of benzene rings is 1. The molecule has 4 N–H and O–H groups in total. The number of primary amides is 1. The first kappa shape index (κ1) is 19.2. The molecule has 0 aliphatic carbocycles. The third-order valence-corrected chi connectivity index (χ3v) is 4.47. The summed E-state index contributed by atoms with van der Waals surface area (Å²) in [4.78, 5) is 19.7. The number of carbonyl (C=O) groups is 1. The number of nitrogen functional groups attached to an aromatic ring is 1. The van der Waals surface area contributed by atoms with E-state index in [0.29, 0.717) is 16.8 Å². The van der Waals surface area contributed by atoms with E-state index in [-0.39, 0.29) is 22.6 Å². The van der Waals surface area contributed by atoms with Crippen LogP contribution >= 0.6 is 0 Å². The van der Waals surface area contributed by atoms with E-state index in [1.807, 2.05) is 0 Å². The molecular formula is C20H16F2N6O2.